The molecule has 0 aliphatic heterocycles. The molecule has 118 valence electrons. The van der Waals surface area contributed by atoms with Crippen LogP contribution in [0.5, 0.6) is 5.75 Å². The van der Waals surface area contributed by atoms with Gasteiger partial charge < -0.3 is 15.8 Å². The van der Waals surface area contributed by atoms with E-state index in [1.54, 1.807) is 7.11 Å². The lowest BCUT2D eigenvalue weighted by atomic mass is 9.77. The number of nitrogens with two attached hydrogens (primary N) is 1. The maximum absolute atomic E-state index is 12.7. The second-order valence-corrected chi connectivity index (χ2v) is 5.63. The van der Waals surface area contributed by atoms with E-state index in [0.717, 1.165) is 37.0 Å². The molecule has 1 amide bonds. The fourth-order valence-electron chi connectivity index (χ4n) is 2.97. The van der Waals surface area contributed by atoms with Gasteiger partial charge in [0.1, 0.15) is 5.75 Å². The fraction of sp³-hybridized carbons (Fsp3) is 0.562. The van der Waals surface area contributed by atoms with Gasteiger partial charge in [-0.1, -0.05) is 25.0 Å². The molecule has 0 bridgehead atoms. The SMILES string of the molecule is COc1cccc(C2(C(=O)N[C@@H](C)CN)CCCC2)c1.Cl. The molecule has 3 N–H and O–H groups in total. The van der Waals surface area contributed by atoms with Gasteiger partial charge in [0.2, 0.25) is 5.91 Å². The number of methoxy groups -OCH3 is 1. The summed E-state index contributed by atoms with van der Waals surface area (Å²) in [5, 5.41) is 3.04. The maximum Gasteiger partial charge on any atom is 0.230 e. The summed E-state index contributed by atoms with van der Waals surface area (Å²) in [6.45, 7) is 2.39. The summed E-state index contributed by atoms with van der Waals surface area (Å²) in [5.74, 6) is 0.898. The minimum Gasteiger partial charge on any atom is -0.497 e. The van der Waals surface area contributed by atoms with Crippen LogP contribution in [0.3, 0.4) is 0 Å². The summed E-state index contributed by atoms with van der Waals surface area (Å²) in [6, 6.07) is 7.88. The summed E-state index contributed by atoms with van der Waals surface area (Å²) in [4.78, 5) is 12.7. The first kappa shape index (κ1) is 17.8. The van der Waals surface area contributed by atoms with Crippen molar-refractivity contribution in [2.24, 2.45) is 5.73 Å². The van der Waals surface area contributed by atoms with Crippen LogP contribution in [-0.2, 0) is 10.2 Å². The summed E-state index contributed by atoms with van der Waals surface area (Å²) in [5.41, 5.74) is 6.24. The molecule has 1 fully saturated rings. The average molecular weight is 313 g/mol. The van der Waals surface area contributed by atoms with Crippen molar-refractivity contribution in [1.82, 2.24) is 5.32 Å². The molecule has 0 saturated heterocycles. The molecule has 1 saturated carbocycles. The number of halogens is 1. The van der Waals surface area contributed by atoms with Crippen molar-refractivity contribution in [2.45, 2.75) is 44.1 Å². The normalized spacial score (nSPS) is 17.7. The van der Waals surface area contributed by atoms with E-state index in [0.29, 0.717) is 6.54 Å². The third-order valence-electron chi connectivity index (χ3n) is 4.25. The van der Waals surface area contributed by atoms with E-state index in [2.05, 4.69) is 5.32 Å². The molecule has 0 unspecified atom stereocenters. The number of carbonyl (C=O) groups is 1. The molecule has 1 aliphatic rings. The standard InChI is InChI=1S/C16H24N2O2.ClH/c1-12(11-17)18-15(19)16(8-3-4-9-16)13-6-5-7-14(10-13)20-2;/h5-7,10,12H,3-4,8-9,11,17H2,1-2H3,(H,18,19);1H/t12-;/m0./s1. The van der Waals surface area contributed by atoms with Gasteiger partial charge in [-0.15, -0.1) is 12.4 Å². The Balaban J connectivity index is 0.00000220. The Kier molecular flexibility index (Phi) is 6.49. The molecule has 0 spiro atoms. The summed E-state index contributed by atoms with van der Waals surface area (Å²) < 4.78 is 5.29. The van der Waals surface area contributed by atoms with Crippen molar-refractivity contribution in [2.75, 3.05) is 13.7 Å². The molecule has 4 nitrogen and oxygen atoms in total. The summed E-state index contributed by atoms with van der Waals surface area (Å²) in [6.07, 6.45) is 3.95. The Bertz CT molecular complexity index is 473. The van der Waals surface area contributed by atoms with E-state index in [1.807, 2.05) is 31.2 Å². The smallest absolute Gasteiger partial charge is 0.230 e. The van der Waals surface area contributed by atoms with Gasteiger partial charge in [0.05, 0.1) is 12.5 Å². The van der Waals surface area contributed by atoms with Crippen LogP contribution in [0.4, 0.5) is 0 Å². The lowest BCUT2D eigenvalue weighted by molar-refractivity contribution is -0.127. The van der Waals surface area contributed by atoms with Gasteiger partial charge in [0, 0.05) is 12.6 Å². The summed E-state index contributed by atoms with van der Waals surface area (Å²) >= 11 is 0. The molecule has 1 aromatic carbocycles. The minimum absolute atomic E-state index is 0. The fourth-order valence-corrected chi connectivity index (χ4v) is 2.97. The molecule has 1 aliphatic carbocycles. The van der Waals surface area contributed by atoms with Crippen LogP contribution in [0.25, 0.3) is 0 Å². The monoisotopic (exact) mass is 312 g/mol. The van der Waals surface area contributed by atoms with Crippen molar-refractivity contribution in [1.29, 1.82) is 0 Å². The van der Waals surface area contributed by atoms with E-state index in [4.69, 9.17) is 10.5 Å². The van der Waals surface area contributed by atoms with Gasteiger partial charge >= 0.3 is 0 Å². The minimum atomic E-state index is -0.419. The Morgan fingerprint density at radius 1 is 1.43 bits per heavy atom. The molecule has 2 rings (SSSR count). The van der Waals surface area contributed by atoms with Crippen LogP contribution in [-0.4, -0.2) is 25.6 Å². The highest BCUT2D eigenvalue weighted by molar-refractivity contribution is 5.89. The van der Waals surface area contributed by atoms with Crippen molar-refractivity contribution < 1.29 is 9.53 Å². The predicted octanol–water partition coefficient (Wildman–Crippen LogP) is 2.39. The second kappa shape index (κ2) is 7.66. The van der Waals surface area contributed by atoms with E-state index in [1.165, 1.54) is 0 Å². The van der Waals surface area contributed by atoms with E-state index < -0.39 is 5.41 Å². The molecule has 1 atom stereocenters. The highest BCUT2D eigenvalue weighted by Crippen LogP contribution is 2.42. The first-order chi connectivity index (χ1) is 9.62. The van der Waals surface area contributed by atoms with Crippen molar-refractivity contribution >= 4 is 18.3 Å². The molecule has 1 aromatic rings. The first-order valence-corrected chi connectivity index (χ1v) is 7.28. The molecule has 0 heterocycles. The van der Waals surface area contributed by atoms with Crippen molar-refractivity contribution in [3.05, 3.63) is 29.8 Å². The number of carbonyl (C=O) groups excluding carboxylic acids is 1. The van der Waals surface area contributed by atoms with E-state index in [9.17, 15) is 4.79 Å². The number of amides is 1. The van der Waals surface area contributed by atoms with Crippen molar-refractivity contribution in [3.8, 4) is 5.75 Å². The van der Waals surface area contributed by atoms with Crippen LogP contribution < -0.4 is 15.8 Å². The lowest BCUT2D eigenvalue weighted by Crippen LogP contribution is -2.48. The highest BCUT2D eigenvalue weighted by atomic mass is 35.5. The third kappa shape index (κ3) is 3.69. The zero-order valence-corrected chi connectivity index (χ0v) is 13.5. The second-order valence-electron chi connectivity index (χ2n) is 5.63. The van der Waals surface area contributed by atoms with Crippen LogP contribution in [0, 0.1) is 0 Å². The van der Waals surface area contributed by atoms with Crippen LogP contribution >= 0.6 is 12.4 Å². The third-order valence-corrected chi connectivity index (χ3v) is 4.25. The Hall–Kier alpha value is -1.26. The average Bonchev–Trinajstić information content (AvgIpc) is 2.98. The van der Waals surface area contributed by atoms with Crippen LogP contribution in [0.1, 0.15) is 38.2 Å². The number of rotatable bonds is 5. The molecule has 0 radical (unpaired) electrons. The van der Waals surface area contributed by atoms with E-state index >= 15 is 0 Å². The Morgan fingerprint density at radius 3 is 2.67 bits per heavy atom. The first-order valence-electron chi connectivity index (χ1n) is 7.28. The number of hydrogen-bond acceptors (Lipinski definition) is 3. The topological polar surface area (TPSA) is 64.3 Å². The largest absolute Gasteiger partial charge is 0.497 e. The quantitative estimate of drug-likeness (QED) is 0.877. The van der Waals surface area contributed by atoms with Gasteiger partial charge in [-0.3, -0.25) is 4.79 Å². The highest BCUT2D eigenvalue weighted by Gasteiger charge is 2.43. The number of ether oxygens (including phenoxy) is 1. The Morgan fingerprint density at radius 2 is 2.10 bits per heavy atom. The summed E-state index contributed by atoms with van der Waals surface area (Å²) in [7, 11) is 1.65. The van der Waals surface area contributed by atoms with Gasteiger partial charge in [0.15, 0.2) is 0 Å². The molecule has 0 aromatic heterocycles. The number of nitrogens with one attached hydrogen (secondary N) is 1. The number of hydrogen-bond donors (Lipinski definition) is 2. The predicted molar refractivity (Wildman–Crippen MR) is 87.0 cm³/mol. The van der Waals surface area contributed by atoms with Crippen LogP contribution in [0.2, 0.25) is 0 Å². The number of benzene rings is 1. The molecular formula is C16H25ClN2O2. The zero-order valence-electron chi connectivity index (χ0n) is 12.7. The zero-order chi connectivity index (χ0) is 14.6. The molecular weight excluding hydrogens is 288 g/mol. The lowest BCUT2D eigenvalue weighted by Gasteiger charge is -2.30. The van der Waals surface area contributed by atoms with E-state index in [-0.39, 0.29) is 24.4 Å². The van der Waals surface area contributed by atoms with Gasteiger partial charge in [-0.2, -0.15) is 0 Å². The maximum atomic E-state index is 12.7. The van der Waals surface area contributed by atoms with Gasteiger partial charge in [-0.05, 0) is 37.5 Å². The van der Waals surface area contributed by atoms with Crippen molar-refractivity contribution in [3.63, 3.8) is 0 Å². The van der Waals surface area contributed by atoms with Gasteiger partial charge in [-0.25, -0.2) is 0 Å². The molecule has 5 heteroatoms. The Labute approximate surface area is 132 Å². The molecule has 21 heavy (non-hydrogen) atoms. The van der Waals surface area contributed by atoms with Crippen LogP contribution in [0.15, 0.2) is 24.3 Å². The van der Waals surface area contributed by atoms with Gasteiger partial charge in [0.25, 0.3) is 0 Å².